The number of benzene rings is 1. The van der Waals surface area contributed by atoms with Gasteiger partial charge in [0.2, 0.25) is 0 Å². The summed E-state index contributed by atoms with van der Waals surface area (Å²) in [6.07, 6.45) is 7.80. The third kappa shape index (κ3) is 4.78. The molecule has 1 aromatic rings. The molecule has 0 spiro atoms. The van der Waals surface area contributed by atoms with Crippen molar-refractivity contribution in [2.24, 2.45) is 0 Å². The largest absolute Gasteiger partial charge is 0.147 e. The van der Waals surface area contributed by atoms with Crippen molar-refractivity contribution < 1.29 is 18.3 Å². The van der Waals surface area contributed by atoms with Crippen molar-refractivity contribution in [2.45, 2.75) is 30.7 Å². The molecule has 0 N–H and O–H groups in total. The number of aryl methyl sites for hydroxylation is 2. The summed E-state index contributed by atoms with van der Waals surface area (Å²) in [4.78, 5) is 0. The van der Waals surface area contributed by atoms with Crippen LogP contribution in [0.5, 0.6) is 5.75 Å². The van der Waals surface area contributed by atoms with Crippen LogP contribution >= 0.6 is 24.8 Å². The number of allylic oxidation sites excluding steroid dienone is 4. The van der Waals surface area contributed by atoms with Crippen LogP contribution in [0.15, 0.2) is 40.3 Å². The first-order valence-corrected chi connectivity index (χ1v) is 16.8. The van der Waals surface area contributed by atoms with Gasteiger partial charge in [0.1, 0.15) is 0 Å². The molecule has 0 aromatic heterocycles. The van der Waals surface area contributed by atoms with Crippen LogP contribution in [0, 0.1) is 13.8 Å². The van der Waals surface area contributed by atoms with E-state index < -0.39 is 14.9 Å². The predicted octanol–water partition coefficient (Wildman–Crippen LogP) is 4.35. The number of halogens is 2. The van der Waals surface area contributed by atoms with Crippen LogP contribution in [-0.4, -0.2) is 8.11 Å². The number of rotatable bonds is 3. The molecule has 113 valence electrons. The smallest absolute Gasteiger partial charge is 0.147 e. The standard InChI is InChI=1S/C8H10O.C5H5.2CH3.2ClH.H3Si.Ti/c1-6-3-7(2)5-8(9)4-6;1-2-4-5-3-1;;;;;;/h3-5,9H,1-2H3;1-3H,4H2;2*1H3;2*1H;1H3;/q;;;;;;;+1/p-1. The van der Waals surface area contributed by atoms with Gasteiger partial charge < -0.3 is 0 Å². The molecule has 0 fully saturated rings. The zero-order valence-electron chi connectivity index (χ0n) is 12.9. The van der Waals surface area contributed by atoms with Crippen LogP contribution < -0.4 is 3.32 Å². The molecule has 0 radical (unpaired) electrons. The van der Waals surface area contributed by atoms with E-state index in [4.69, 9.17) is 3.32 Å². The van der Waals surface area contributed by atoms with Gasteiger partial charge in [0.05, 0.1) is 0 Å². The van der Waals surface area contributed by atoms with E-state index in [9.17, 15) is 0 Å². The molecule has 20 heavy (non-hydrogen) atoms. The van der Waals surface area contributed by atoms with Gasteiger partial charge in [-0.1, -0.05) is 0 Å². The molecule has 1 aliphatic rings. The maximum absolute atomic E-state index is 6.58. The molecule has 1 aromatic carbocycles. The monoisotopic (exact) mass is 367 g/mol. The minimum absolute atomic E-state index is 0. The molecule has 0 unspecified atom stereocenters. The molecule has 5 heteroatoms. The fraction of sp³-hybridized carbons (Fsp3) is 0.333. The fourth-order valence-electron chi connectivity index (χ4n) is 2.55. The minimum atomic E-state index is -2.83. The van der Waals surface area contributed by atoms with Gasteiger partial charge in [0.15, 0.2) is 0 Å². The van der Waals surface area contributed by atoms with Gasteiger partial charge in [-0.2, -0.15) is 0 Å². The van der Waals surface area contributed by atoms with Gasteiger partial charge >= 0.3 is 114 Å². The maximum atomic E-state index is 6.58. The Bertz CT molecular complexity index is 524. The summed E-state index contributed by atoms with van der Waals surface area (Å²) < 4.78 is 8.15. The van der Waals surface area contributed by atoms with Crippen LogP contribution in [0.25, 0.3) is 0 Å². The average molecular weight is 368 g/mol. The van der Waals surface area contributed by atoms with E-state index in [2.05, 4.69) is 60.7 Å². The Morgan fingerprint density at radius 1 is 1.05 bits per heavy atom. The topological polar surface area (TPSA) is 9.23 Å². The zero-order valence-corrected chi connectivity index (χ0v) is 18.1. The molecule has 0 saturated heterocycles. The van der Waals surface area contributed by atoms with Crippen molar-refractivity contribution in [1.29, 1.82) is 0 Å². The summed E-state index contributed by atoms with van der Waals surface area (Å²) >= 11 is -2.83. The van der Waals surface area contributed by atoms with Crippen LogP contribution in [0.2, 0.25) is 10.5 Å². The average Bonchev–Trinajstić information content (AvgIpc) is 2.66. The fourth-order valence-corrected chi connectivity index (χ4v) is 9.03. The van der Waals surface area contributed by atoms with Gasteiger partial charge in [-0.05, 0) is 0 Å². The quantitative estimate of drug-likeness (QED) is 0.721. The van der Waals surface area contributed by atoms with Crippen molar-refractivity contribution in [3.63, 3.8) is 0 Å². The van der Waals surface area contributed by atoms with Crippen molar-refractivity contribution in [1.82, 2.24) is 0 Å². The van der Waals surface area contributed by atoms with Crippen LogP contribution in [-0.2, 0) is 14.9 Å². The van der Waals surface area contributed by atoms with Gasteiger partial charge in [-0.15, -0.1) is 24.8 Å². The van der Waals surface area contributed by atoms with Gasteiger partial charge in [0, 0.05) is 0 Å². The Morgan fingerprint density at radius 3 is 2.05 bits per heavy atom. The Labute approximate surface area is 138 Å². The van der Waals surface area contributed by atoms with Crippen LogP contribution in [0.4, 0.5) is 0 Å². The summed E-state index contributed by atoms with van der Waals surface area (Å²) in [6, 6.07) is 6.54. The second kappa shape index (κ2) is 6.85. The Balaban J connectivity index is 0.00000180. The number of hydrogen-bond donors (Lipinski definition) is 0. The van der Waals surface area contributed by atoms with E-state index in [0.717, 1.165) is 20.3 Å². The maximum Gasteiger partial charge on any atom is -0.147 e. The van der Waals surface area contributed by atoms with Crippen molar-refractivity contribution in [3.05, 3.63) is 51.4 Å². The summed E-state index contributed by atoms with van der Waals surface area (Å²) in [5.41, 5.74) is 2.57. The van der Waals surface area contributed by atoms with Gasteiger partial charge in [-0.25, -0.2) is 0 Å². The van der Waals surface area contributed by atoms with Crippen LogP contribution in [0.3, 0.4) is 0 Å². The molecular formula is C15H25Cl2OSiTi. The molecule has 0 amide bonds. The van der Waals surface area contributed by atoms with Crippen molar-refractivity contribution in [2.75, 3.05) is 0 Å². The third-order valence-corrected chi connectivity index (χ3v) is 12.5. The summed E-state index contributed by atoms with van der Waals surface area (Å²) in [5, 5.41) is 4.81. The SMILES string of the molecule is Cc1cc(C)cc([O][Ti]([CH3])([CH3])([SiH3])[C]2=CC=CC2)c1.Cl.Cl. The first-order valence-electron chi connectivity index (χ1n) is 6.61. The summed E-state index contributed by atoms with van der Waals surface area (Å²) in [6.45, 7) is 4.27. The molecule has 0 bridgehead atoms. The molecule has 1 aliphatic carbocycles. The first kappa shape index (κ1) is 20.0. The molecular weight excluding hydrogens is 343 g/mol. The van der Waals surface area contributed by atoms with Gasteiger partial charge in [-0.3, -0.25) is 0 Å². The van der Waals surface area contributed by atoms with Gasteiger partial charge in [0.25, 0.3) is 0 Å². The van der Waals surface area contributed by atoms with E-state index in [1.807, 2.05) is 0 Å². The van der Waals surface area contributed by atoms with E-state index in [1.165, 1.54) is 11.1 Å². The van der Waals surface area contributed by atoms with Crippen molar-refractivity contribution in [3.8, 4) is 5.75 Å². The van der Waals surface area contributed by atoms with E-state index >= 15 is 0 Å². The second-order valence-electron chi connectivity index (χ2n) is 6.71. The van der Waals surface area contributed by atoms with Crippen molar-refractivity contribution >= 4 is 32.9 Å². The van der Waals surface area contributed by atoms with E-state index in [-0.39, 0.29) is 24.8 Å². The minimum Gasteiger partial charge on any atom is -0.147 e. The van der Waals surface area contributed by atoms with E-state index in [0.29, 0.717) is 0 Å². The molecule has 0 saturated carbocycles. The summed E-state index contributed by atoms with van der Waals surface area (Å²) in [7, 11) is 1.14. The molecule has 0 heterocycles. The Hall–Kier alpha value is 0.0112. The molecule has 0 atom stereocenters. The zero-order chi connectivity index (χ0) is 13.4. The van der Waals surface area contributed by atoms with Crippen LogP contribution in [0.1, 0.15) is 17.5 Å². The predicted molar refractivity (Wildman–Crippen MR) is 94.5 cm³/mol. The molecule has 0 aliphatic heterocycles. The Kier molecular flexibility index (Phi) is 6.85. The second-order valence-corrected chi connectivity index (χ2v) is 29.3. The normalized spacial score (nSPS) is 15.6. The first-order chi connectivity index (χ1) is 8.25. The third-order valence-electron chi connectivity index (χ3n) is 3.54. The molecule has 2 rings (SSSR count). The molecule has 1 nitrogen and oxygen atoms in total. The van der Waals surface area contributed by atoms with E-state index in [1.54, 1.807) is 3.88 Å². The Morgan fingerprint density at radius 2 is 1.60 bits per heavy atom. The summed E-state index contributed by atoms with van der Waals surface area (Å²) in [5.74, 6) is 1.07. The number of hydrogen-bond acceptors (Lipinski definition) is 1.